The van der Waals surface area contributed by atoms with Gasteiger partial charge in [0, 0.05) is 49.4 Å². The predicted octanol–water partition coefficient (Wildman–Crippen LogP) is 2.51. The number of fused-ring (bicyclic) bond motifs is 2. The van der Waals surface area contributed by atoms with Gasteiger partial charge in [-0.3, -0.25) is 10.1 Å². The minimum Gasteiger partial charge on any atom is -0.339 e. The number of hydrogen-bond acceptors (Lipinski definition) is 2. The Balaban J connectivity index is 1.59. The van der Waals surface area contributed by atoms with Crippen LogP contribution in [0.15, 0.2) is 23.9 Å². The van der Waals surface area contributed by atoms with Crippen LogP contribution in [-0.4, -0.2) is 37.0 Å². The molecule has 1 radical (unpaired) electrons. The number of nitrogens with zero attached hydrogens (tertiary/aromatic N) is 2. The molecule has 1 aromatic rings. The van der Waals surface area contributed by atoms with Crippen molar-refractivity contribution in [1.29, 1.82) is 0 Å². The number of amides is 1. The first-order valence-electron chi connectivity index (χ1n) is 8.30. The third kappa shape index (κ3) is 2.31. The summed E-state index contributed by atoms with van der Waals surface area (Å²) in [5, 5.41) is 8.11. The first kappa shape index (κ1) is 13.8. The van der Waals surface area contributed by atoms with Gasteiger partial charge >= 0.3 is 0 Å². The first-order valence-corrected chi connectivity index (χ1v) is 8.30. The molecule has 0 saturated carbocycles. The summed E-state index contributed by atoms with van der Waals surface area (Å²) in [6.07, 6.45) is 3.22. The van der Waals surface area contributed by atoms with E-state index < -0.39 is 0 Å². The number of nitrogens with one attached hydrogen (secondary N) is 1. The van der Waals surface area contributed by atoms with Crippen LogP contribution in [0.25, 0.3) is 5.57 Å². The van der Waals surface area contributed by atoms with Gasteiger partial charge in [-0.2, -0.15) is 0 Å². The number of hydrogen-bond donors (Lipinski definition) is 1. The highest BCUT2D eigenvalue weighted by Crippen LogP contribution is 2.37. The van der Waals surface area contributed by atoms with Gasteiger partial charge in [0.1, 0.15) is 0 Å². The zero-order chi connectivity index (χ0) is 15.1. The zero-order valence-electron chi connectivity index (χ0n) is 13.1. The van der Waals surface area contributed by atoms with Gasteiger partial charge in [0.05, 0.1) is 5.69 Å². The molecule has 3 aliphatic heterocycles. The molecule has 0 spiro atoms. The van der Waals surface area contributed by atoms with E-state index in [-0.39, 0.29) is 5.91 Å². The second kappa shape index (κ2) is 5.43. The monoisotopic (exact) mass is 296 g/mol. The zero-order valence-corrected chi connectivity index (χ0v) is 13.1. The summed E-state index contributed by atoms with van der Waals surface area (Å²) in [5.74, 6) is 0.913. The lowest BCUT2D eigenvalue weighted by Crippen LogP contribution is -2.37. The molecular formula is C18H22N3O. The maximum atomic E-state index is 12.7. The van der Waals surface area contributed by atoms with Crippen LogP contribution in [-0.2, 0) is 0 Å². The van der Waals surface area contributed by atoms with Crippen molar-refractivity contribution in [1.82, 2.24) is 15.5 Å². The average molecular weight is 296 g/mol. The fourth-order valence-electron chi connectivity index (χ4n) is 3.60. The van der Waals surface area contributed by atoms with Crippen molar-refractivity contribution in [3.8, 4) is 0 Å². The van der Waals surface area contributed by atoms with Gasteiger partial charge in [0.15, 0.2) is 0 Å². The molecule has 1 aromatic carbocycles. The van der Waals surface area contributed by atoms with Crippen molar-refractivity contribution >= 4 is 17.2 Å². The second-order valence-electron chi connectivity index (χ2n) is 6.67. The summed E-state index contributed by atoms with van der Waals surface area (Å²) in [7, 11) is 0. The van der Waals surface area contributed by atoms with Crippen molar-refractivity contribution < 1.29 is 4.79 Å². The third-order valence-corrected chi connectivity index (χ3v) is 5.08. The highest BCUT2D eigenvalue weighted by molar-refractivity contribution is 5.97. The first-order chi connectivity index (χ1) is 10.7. The third-order valence-electron chi connectivity index (χ3n) is 5.08. The molecule has 4 rings (SSSR count). The molecule has 115 valence electrons. The lowest BCUT2D eigenvalue weighted by Gasteiger charge is -2.30. The Morgan fingerprint density at radius 2 is 2.14 bits per heavy atom. The molecule has 0 aliphatic carbocycles. The van der Waals surface area contributed by atoms with Gasteiger partial charge in [-0.25, -0.2) is 0 Å². The van der Waals surface area contributed by atoms with Crippen LogP contribution in [0.4, 0.5) is 5.69 Å². The standard InChI is InChI=1S/C18H22N3O/c1-12-5-8-21(9-6-12)18(22)13-2-3-16-14(10-13)15-11-19-7-4-17(15)20-16/h2-3,10,12,19H,4-9,11H2,1H3. The minimum absolute atomic E-state index is 0.174. The van der Waals surface area contributed by atoms with Gasteiger partial charge in [-0.15, -0.1) is 0 Å². The lowest BCUT2D eigenvalue weighted by molar-refractivity contribution is 0.0697. The number of likely N-dealkylation sites (tertiary alicyclic amines) is 1. The van der Waals surface area contributed by atoms with Gasteiger partial charge in [0.2, 0.25) is 0 Å². The molecule has 3 aliphatic rings. The normalized spacial score (nSPS) is 21.4. The summed E-state index contributed by atoms with van der Waals surface area (Å²) in [6, 6.07) is 6.00. The summed E-state index contributed by atoms with van der Waals surface area (Å²) in [4.78, 5) is 14.7. The van der Waals surface area contributed by atoms with Crippen molar-refractivity contribution in [2.24, 2.45) is 5.92 Å². The Hall–Kier alpha value is -1.81. The summed E-state index contributed by atoms with van der Waals surface area (Å²) in [6.45, 7) is 5.90. The van der Waals surface area contributed by atoms with Crippen molar-refractivity contribution in [2.45, 2.75) is 26.2 Å². The summed E-state index contributed by atoms with van der Waals surface area (Å²) in [5.41, 5.74) is 5.46. The van der Waals surface area contributed by atoms with E-state index in [0.29, 0.717) is 0 Å². The van der Waals surface area contributed by atoms with E-state index in [0.717, 1.165) is 68.2 Å². The maximum absolute atomic E-state index is 12.7. The smallest absolute Gasteiger partial charge is 0.253 e. The molecule has 4 heteroatoms. The van der Waals surface area contributed by atoms with Gasteiger partial charge in [0.25, 0.3) is 5.91 Å². The fraction of sp³-hybridized carbons (Fsp3) is 0.500. The Kier molecular flexibility index (Phi) is 3.41. The summed E-state index contributed by atoms with van der Waals surface area (Å²) >= 11 is 0. The Labute approximate surface area is 131 Å². The number of rotatable bonds is 1. The van der Waals surface area contributed by atoms with Crippen LogP contribution in [0.5, 0.6) is 0 Å². The molecule has 1 saturated heterocycles. The molecule has 4 nitrogen and oxygen atoms in total. The quantitative estimate of drug-likeness (QED) is 0.865. The molecule has 0 unspecified atom stereocenters. The average Bonchev–Trinajstić information content (AvgIpc) is 2.92. The number of carbonyl (C=O) groups is 1. The molecule has 0 bridgehead atoms. The van der Waals surface area contributed by atoms with Gasteiger partial charge in [-0.1, -0.05) is 6.92 Å². The van der Waals surface area contributed by atoms with E-state index >= 15 is 0 Å². The SMILES string of the molecule is CC1CCN(C(=O)c2ccc3c(c2)C2=C(CCNC2)[N]3)CC1. The molecule has 0 atom stereocenters. The maximum Gasteiger partial charge on any atom is 0.253 e. The highest BCUT2D eigenvalue weighted by Gasteiger charge is 2.27. The van der Waals surface area contributed by atoms with Crippen LogP contribution in [0.1, 0.15) is 42.1 Å². The Morgan fingerprint density at radius 1 is 1.32 bits per heavy atom. The Morgan fingerprint density at radius 3 is 2.95 bits per heavy atom. The van der Waals surface area contributed by atoms with Crippen LogP contribution in [0, 0.1) is 5.92 Å². The van der Waals surface area contributed by atoms with E-state index in [2.05, 4.69) is 18.3 Å². The Bertz CT molecular complexity index is 642. The van der Waals surface area contributed by atoms with Crippen LogP contribution in [0.2, 0.25) is 0 Å². The highest BCUT2D eigenvalue weighted by atomic mass is 16.2. The topological polar surface area (TPSA) is 46.4 Å². The molecular weight excluding hydrogens is 274 g/mol. The van der Waals surface area contributed by atoms with Crippen molar-refractivity contribution in [3.63, 3.8) is 0 Å². The van der Waals surface area contributed by atoms with Crippen molar-refractivity contribution in [3.05, 3.63) is 35.0 Å². The van der Waals surface area contributed by atoms with Gasteiger partial charge in [-0.05, 0) is 42.5 Å². The largest absolute Gasteiger partial charge is 0.339 e. The molecule has 1 fully saturated rings. The number of carbonyl (C=O) groups excluding carboxylic acids is 1. The molecule has 1 N–H and O–H groups in total. The second-order valence-corrected chi connectivity index (χ2v) is 6.67. The predicted molar refractivity (Wildman–Crippen MR) is 86.9 cm³/mol. The molecule has 3 heterocycles. The summed E-state index contributed by atoms with van der Waals surface area (Å²) < 4.78 is 0. The van der Waals surface area contributed by atoms with Crippen molar-refractivity contribution in [2.75, 3.05) is 26.2 Å². The van der Waals surface area contributed by atoms with E-state index in [1.54, 1.807) is 0 Å². The lowest BCUT2D eigenvalue weighted by atomic mass is 9.97. The molecule has 22 heavy (non-hydrogen) atoms. The van der Waals surface area contributed by atoms with E-state index in [9.17, 15) is 4.79 Å². The van der Waals surface area contributed by atoms with Gasteiger partial charge < -0.3 is 10.2 Å². The number of piperidine rings is 1. The van der Waals surface area contributed by atoms with Crippen LogP contribution in [0.3, 0.4) is 0 Å². The molecule has 0 aromatic heterocycles. The van der Waals surface area contributed by atoms with E-state index in [1.165, 1.54) is 11.3 Å². The van der Waals surface area contributed by atoms with Crippen LogP contribution < -0.4 is 10.6 Å². The van der Waals surface area contributed by atoms with Crippen LogP contribution >= 0.6 is 0 Å². The fourth-order valence-corrected chi connectivity index (χ4v) is 3.60. The number of benzene rings is 1. The van der Waals surface area contributed by atoms with E-state index in [4.69, 9.17) is 5.32 Å². The van der Waals surface area contributed by atoms with E-state index in [1.807, 2.05) is 17.0 Å². The molecule has 1 amide bonds. The minimum atomic E-state index is 0.174.